The Kier molecular flexibility index (Phi) is 5.96. The van der Waals surface area contributed by atoms with Gasteiger partial charge in [-0.15, -0.1) is 0 Å². The van der Waals surface area contributed by atoms with Crippen LogP contribution in [0.3, 0.4) is 0 Å². The number of piperidine rings is 1. The fourth-order valence-corrected chi connectivity index (χ4v) is 3.26. The second-order valence-electron chi connectivity index (χ2n) is 7.47. The maximum atomic E-state index is 12.6. The highest BCUT2D eigenvalue weighted by atomic mass is 16.6. The number of fused-ring (bicyclic) bond motifs is 1. The van der Waals surface area contributed by atoms with Crippen LogP contribution in [0.4, 0.5) is 4.79 Å². The van der Waals surface area contributed by atoms with E-state index in [4.69, 9.17) is 15.2 Å². The maximum absolute atomic E-state index is 12.6. The third-order valence-electron chi connectivity index (χ3n) is 4.58. The summed E-state index contributed by atoms with van der Waals surface area (Å²) in [6.45, 7) is 10.4. The molecule has 1 aromatic carbocycles. The van der Waals surface area contributed by atoms with Gasteiger partial charge in [-0.1, -0.05) is 26.0 Å². The van der Waals surface area contributed by atoms with Crippen LogP contribution in [0.2, 0.25) is 0 Å². The molecule has 2 heterocycles. The minimum atomic E-state index is -0.746. The second-order valence-corrected chi connectivity index (χ2v) is 7.47. The SMILES string of the molecule is CC.CC(C)(C)OC(=O)N1CCC2(CC1)Oc1ccccc1C(=O)C2N. The van der Waals surface area contributed by atoms with Crippen molar-refractivity contribution in [1.82, 2.24) is 4.90 Å². The zero-order valence-corrected chi connectivity index (χ0v) is 16.4. The number of ether oxygens (including phenoxy) is 2. The first-order valence-electron chi connectivity index (χ1n) is 9.28. The quantitative estimate of drug-likeness (QED) is 0.765. The Morgan fingerprint density at radius 3 is 2.38 bits per heavy atom. The molecule has 1 spiro atoms. The fraction of sp³-hybridized carbons (Fsp3) is 0.600. The van der Waals surface area contributed by atoms with Crippen LogP contribution in [0.25, 0.3) is 0 Å². The molecule has 2 aliphatic heterocycles. The van der Waals surface area contributed by atoms with Crippen LogP contribution in [0, 0.1) is 0 Å². The van der Waals surface area contributed by atoms with Gasteiger partial charge in [0.05, 0.1) is 5.56 Å². The number of likely N-dealkylation sites (tertiary alicyclic amines) is 1. The molecule has 1 atom stereocenters. The molecule has 1 saturated heterocycles. The van der Waals surface area contributed by atoms with Crippen molar-refractivity contribution in [2.75, 3.05) is 13.1 Å². The molecule has 144 valence electrons. The van der Waals surface area contributed by atoms with E-state index in [1.807, 2.05) is 40.7 Å². The third-order valence-corrected chi connectivity index (χ3v) is 4.58. The number of ketones is 1. The molecule has 0 radical (unpaired) electrons. The van der Waals surface area contributed by atoms with Crippen LogP contribution >= 0.6 is 0 Å². The van der Waals surface area contributed by atoms with Gasteiger partial charge in [0.1, 0.15) is 23.0 Å². The van der Waals surface area contributed by atoms with Crippen molar-refractivity contribution < 1.29 is 19.1 Å². The Hall–Kier alpha value is -2.08. The Bertz CT molecular complexity index is 658. The molecule has 26 heavy (non-hydrogen) atoms. The van der Waals surface area contributed by atoms with Gasteiger partial charge >= 0.3 is 6.09 Å². The molecular weight excluding hydrogens is 332 g/mol. The van der Waals surface area contributed by atoms with Crippen LogP contribution in [0.5, 0.6) is 5.75 Å². The summed E-state index contributed by atoms with van der Waals surface area (Å²) in [7, 11) is 0. The van der Waals surface area contributed by atoms with Crippen molar-refractivity contribution in [3.05, 3.63) is 29.8 Å². The summed E-state index contributed by atoms with van der Waals surface area (Å²) in [6.07, 6.45) is 0.675. The van der Waals surface area contributed by atoms with E-state index in [9.17, 15) is 9.59 Å². The van der Waals surface area contributed by atoms with Crippen molar-refractivity contribution in [1.29, 1.82) is 0 Å². The summed E-state index contributed by atoms with van der Waals surface area (Å²) >= 11 is 0. The van der Waals surface area contributed by atoms with E-state index in [-0.39, 0.29) is 11.9 Å². The molecule has 2 aliphatic rings. The van der Waals surface area contributed by atoms with Gasteiger partial charge in [-0.25, -0.2) is 4.79 Å². The minimum absolute atomic E-state index is 0.0948. The summed E-state index contributed by atoms with van der Waals surface area (Å²) < 4.78 is 11.6. The summed E-state index contributed by atoms with van der Waals surface area (Å²) in [5, 5.41) is 0. The van der Waals surface area contributed by atoms with Crippen molar-refractivity contribution in [2.24, 2.45) is 5.73 Å². The molecule has 0 bridgehead atoms. The Morgan fingerprint density at radius 2 is 1.81 bits per heavy atom. The zero-order chi connectivity index (χ0) is 19.5. The van der Waals surface area contributed by atoms with Crippen LogP contribution in [0.1, 0.15) is 57.8 Å². The summed E-state index contributed by atoms with van der Waals surface area (Å²) in [6, 6.07) is 6.46. The second kappa shape index (κ2) is 7.66. The molecule has 1 amide bonds. The van der Waals surface area contributed by atoms with Gasteiger partial charge in [-0.05, 0) is 32.9 Å². The van der Waals surface area contributed by atoms with Gasteiger partial charge < -0.3 is 20.1 Å². The first-order valence-corrected chi connectivity index (χ1v) is 9.28. The van der Waals surface area contributed by atoms with Gasteiger partial charge in [-0.3, -0.25) is 4.79 Å². The average Bonchev–Trinajstić information content (AvgIpc) is 2.61. The molecule has 0 saturated carbocycles. The lowest BCUT2D eigenvalue weighted by Gasteiger charge is -2.46. The number of nitrogens with two attached hydrogens (primary N) is 1. The number of para-hydroxylation sites is 1. The molecule has 6 nitrogen and oxygen atoms in total. The number of rotatable bonds is 0. The maximum Gasteiger partial charge on any atom is 0.410 e. The van der Waals surface area contributed by atoms with Crippen LogP contribution in [0.15, 0.2) is 24.3 Å². The number of carbonyl (C=O) groups excluding carboxylic acids is 2. The number of carbonyl (C=O) groups is 2. The van der Waals surface area contributed by atoms with Crippen LogP contribution < -0.4 is 10.5 Å². The molecule has 1 fully saturated rings. The molecule has 6 heteroatoms. The van der Waals surface area contributed by atoms with E-state index >= 15 is 0 Å². The Morgan fingerprint density at radius 1 is 1.23 bits per heavy atom. The van der Waals surface area contributed by atoms with Crippen molar-refractivity contribution in [3.8, 4) is 5.75 Å². The third kappa shape index (κ3) is 4.01. The van der Waals surface area contributed by atoms with Gasteiger partial charge in [-0.2, -0.15) is 0 Å². The Balaban J connectivity index is 0.00000117. The fourth-order valence-electron chi connectivity index (χ4n) is 3.26. The lowest BCUT2D eigenvalue weighted by molar-refractivity contribution is -0.0308. The summed E-state index contributed by atoms with van der Waals surface area (Å²) in [4.78, 5) is 26.4. The summed E-state index contributed by atoms with van der Waals surface area (Å²) in [5.74, 6) is 0.484. The highest BCUT2D eigenvalue weighted by Crippen LogP contribution is 2.38. The predicted octanol–water partition coefficient (Wildman–Crippen LogP) is 3.38. The number of hydrogen-bond donors (Lipinski definition) is 1. The Labute approximate surface area is 155 Å². The molecule has 0 aliphatic carbocycles. The van der Waals surface area contributed by atoms with E-state index in [1.165, 1.54) is 0 Å². The van der Waals surface area contributed by atoms with Gasteiger partial charge in [0.25, 0.3) is 0 Å². The molecular formula is C20H30N2O4. The number of nitrogens with zero attached hydrogens (tertiary/aromatic N) is 1. The van der Waals surface area contributed by atoms with E-state index in [0.717, 1.165) is 0 Å². The summed E-state index contributed by atoms with van der Waals surface area (Å²) in [5.41, 5.74) is 5.47. The molecule has 3 rings (SSSR count). The van der Waals surface area contributed by atoms with E-state index in [2.05, 4.69) is 0 Å². The van der Waals surface area contributed by atoms with Crippen molar-refractivity contribution in [2.45, 2.75) is 64.7 Å². The van der Waals surface area contributed by atoms with Crippen molar-refractivity contribution in [3.63, 3.8) is 0 Å². The van der Waals surface area contributed by atoms with Crippen molar-refractivity contribution >= 4 is 11.9 Å². The molecule has 1 aromatic rings. The largest absolute Gasteiger partial charge is 0.484 e. The molecule has 0 aromatic heterocycles. The first kappa shape index (κ1) is 20.2. The monoisotopic (exact) mass is 362 g/mol. The first-order chi connectivity index (χ1) is 12.2. The minimum Gasteiger partial charge on any atom is -0.484 e. The molecule has 2 N–H and O–H groups in total. The van der Waals surface area contributed by atoms with Crippen LogP contribution in [-0.2, 0) is 4.74 Å². The number of hydrogen-bond acceptors (Lipinski definition) is 5. The average molecular weight is 362 g/mol. The van der Waals surface area contributed by atoms with E-state index in [0.29, 0.717) is 37.2 Å². The van der Waals surface area contributed by atoms with E-state index < -0.39 is 17.2 Å². The van der Waals surface area contributed by atoms with Gasteiger partial charge in [0, 0.05) is 25.9 Å². The smallest absolute Gasteiger partial charge is 0.410 e. The highest BCUT2D eigenvalue weighted by molar-refractivity contribution is 6.04. The molecule has 1 unspecified atom stereocenters. The topological polar surface area (TPSA) is 81.9 Å². The number of amides is 1. The zero-order valence-electron chi connectivity index (χ0n) is 16.4. The van der Waals surface area contributed by atoms with Crippen LogP contribution in [-0.4, -0.2) is 47.1 Å². The predicted molar refractivity (Wildman–Crippen MR) is 100 cm³/mol. The lowest BCUT2D eigenvalue weighted by atomic mass is 9.78. The highest BCUT2D eigenvalue weighted by Gasteiger charge is 2.50. The number of benzene rings is 1. The number of Topliss-reactive ketones (excluding diaryl/α,β-unsaturated/α-hetero) is 1. The standard InChI is InChI=1S/C18H24N2O4.C2H6/c1-17(2,3)24-16(22)20-10-8-18(9-11-20)15(19)14(21)12-6-4-5-7-13(12)23-18;1-2/h4-7,15H,8-11,19H2,1-3H3;1-2H3. The van der Waals surface area contributed by atoms with Gasteiger partial charge in [0.15, 0.2) is 5.78 Å². The lowest BCUT2D eigenvalue weighted by Crippen LogP contribution is -2.63. The van der Waals surface area contributed by atoms with E-state index in [1.54, 1.807) is 23.1 Å². The normalized spacial score (nSPS) is 21.2. The van der Waals surface area contributed by atoms with Gasteiger partial charge in [0.2, 0.25) is 0 Å².